The highest BCUT2D eigenvalue weighted by molar-refractivity contribution is 5.79. The fourth-order valence-corrected chi connectivity index (χ4v) is 4.98. The summed E-state index contributed by atoms with van der Waals surface area (Å²) in [7, 11) is 4.10. The molecule has 22 heavy (non-hydrogen) atoms. The summed E-state index contributed by atoms with van der Waals surface area (Å²) in [6, 6.07) is 1.12. The summed E-state index contributed by atoms with van der Waals surface area (Å²) in [6.45, 7) is 1.69. The number of rotatable bonds is 4. The lowest BCUT2D eigenvalue weighted by atomic mass is 9.66. The quantitative estimate of drug-likeness (QED) is 0.835. The van der Waals surface area contributed by atoms with Gasteiger partial charge in [0.15, 0.2) is 0 Å². The van der Waals surface area contributed by atoms with Crippen LogP contribution in [0.2, 0.25) is 0 Å². The summed E-state index contributed by atoms with van der Waals surface area (Å²) in [6.07, 6.45) is 10.5. The molecule has 4 nitrogen and oxygen atoms in total. The molecule has 2 aliphatic carbocycles. The van der Waals surface area contributed by atoms with Gasteiger partial charge in [-0.2, -0.15) is 0 Å². The van der Waals surface area contributed by atoms with Crippen LogP contribution in [0.5, 0.6) is 0 Å². The van der Waals surface area contributed by atoms with Gasteiger partial charge in [-0.3, -0.25) is 4.79 Å². The Morgan fingerprint density at radius 1 is 1.09 bits per heavy atom. The molecule has 2 N–H and O–H groups in total. The smallest absolute Gasteiger partial charge is 0.224 e. The highest BCUT2D eigenvalue weighted by Crippen LogP contribution is 2.42. The molecule has 5 unspecified atom stereocenters. The van der Waals surface area contributed by atoms with E-state index in [9.17, 15) is 4.79 Å². The molecule has 3 fully saturated rings. The average Bonchev–Trinajstić information content (AvgIpc) is 2.51. The molecular formula is C18H33N3O. The Labute approximate surface area is 135 Å². The van der Waals surface area contributed by atoms with Crippen molar-refractivity contribution in [2.75, 3.05) is 27.2 Å². The molecular weight excluding hydrogens is 274 g/mol. The van der Waals surface area contributed by atoms with Gasteiger partial charge in [0.1, 0.15) is 0 Å². The van der Waals surface area contributed by atoms with Crippen molar-refractivity contribution >= 4 is 5.91 Å². The Morgan fingerprint density at radius 3 is 2.68 bits per heavy atom. The average molecular weight is 307 g/mol. The van der Waals surface area contributed by atoms with Crippen molar-refractivity contribution in [3.63, 3.8) is 0 Å². The summed E-state index contributed by atoms with van der Waals surface area (Å²) < 4.78 is 0. The molecule has 5 atom stereocenters. The minimum Gasteiger partial charge on any atom is -0.355 e. The van der Waals surface area contributed by atoms with Crippen LogP contribution >= 0.6 is 0 Å². The van der Waals surface area contributed by atoms with Gasteiger partial charge in [0.25, 0.3) is 0 Å². The van der Waals surface area contributed by atoms with Crippen LogP contribution in [0.4, 0.5) is 0 Å². The first-order valence-electron chi connectivity index (χ1n) is 9.33. The van der Waals surface area contributed by atoms with Gasteiger partial charge in [0.2, 0.25) is 5.91 Å². The van der Waals surface area contributed by atoms with Gasteiger partial charge in [-0.1, -0.05) is 19.3 Å². The molecule has 4 heteroatoms. The first-order valence-corrected chi connectivity index (χ1v) is 9.33. The van der Waals surface area contributed by atoms with Crippen LogP contribution in [-0.2, 0) is 4.79 Å². The van der Waals surface area contributed by atoms with Gasteiger partial charge in [-0.25, -0.2) is 0 Å². The maximum absolute atomic E-state index is 12.6. The van der Waals surface area contributed by atoms with Crippen LogP contribution in [0, 0.1) is 17.8 Å². The summed E-state index contributed by atoms with van der Waals surface area (Å²) in [4.78, 5) is 14.7. The Morgan fingerprint density at radius 2 is 1.86 bits per heavy atom. The topological polar surface area (TPSA) is 44.4 Å². The number of likely N-dealkylation sites (N-methyl/N-ethyl adjacent to an activating group) is 1. The number of piperidine rings is 1. The number of hydrogen-bond acceptors (Lipinski definition) is 3. The molecule has 0 aromatic rings. The standard InChI is InChI=1S/C18H33N3O/c1-21(2)11-10-19-18(22)15-8-5-7-14-12-13-6-3-4-9-16(13)20-17(14)15/h13-17,20H,3-12H2,1-2H3,(H,19,22). The van der Waals surface area contributed by atoms with Gasteiger partial charge in [0.05, 0.1) is 5.92 Å². The number of hydrogen-bond donors (Lipinski definition) is 2. The van der Waals surface area contributed by atoms with Crippen LogP contribution in [0.15, 0.2) is 0 Å². The lowest BCUT2D eigenvalue weighted by Crippen LogP contribution is -2.60. The van der Waals surface area contributed by atoms with E-state index in [1.807, 2.05) is 0 Å². The summed E-state index contributed by atoms with van der Waals surface area (Å²) >= 11 is 0. The van der Waals surface area contributed by atoms with E-state index in [0.29, 0.717) is 18.0 Å². The third kappa shape index (κ3) is 3.65. The Kier molecular flexibility index (Phi) is 5.40. The predicted octanol–water partition coefficient (Wildman–Crippen LogP) is 2.00. The maximum Gasteiger partial charge on any atom is 0.224 e. The normalized spacial score (nSPS) is 38.2. The van der Waals surface area contributed by atoms with Crippen molar-refractivity contribution in [3.05, 3.63) is 0 Å². The van der Waals surface area contributed by atoms with E-state index in [0.717, 1.165) is 31.3 Å². The van der Waals surface area contributed by atoms with E-state index in [1.54, 1.807) is 0 Å². The van der Waals surface area contributed by atoms with Gasteiger partial charge >= 0.3 is 0 Å². The van der Waals surface area contributed by atoms with Gasteiger partial charge in [-0.05, 0) is 58.0 Å². The lowest BCUT2D eigenvalue weighted by molar-refractivity contribution is -0.128. The summed E-state index contributed by atoms with van der Waals surface area (Å²) in [5.41, 5.74) is 0. The first kappa shape index (κ1) is 16.3. The molecule has 2 saturated carbocycles. The van der Waals surface area contributed by atoms with E-state index in [2.05, 4.69) is 29.6 Å². The molecule has 1 aliphatic heterocycles. The second-order valence-corrected chi connectivity index (χ2v) is 7.97. The van der Waals surface area contributed by atoms with Crippen LogP contribution in [-0.4, -0.2) is 50.1 Å². The van der Waals surface area contributed by atoms with E-state index in [4.69, 9.17) is 0 Å². The van der Waals surface area contributed by atoms with Crippen LogP contribution in [0.25, 0.3) is 0 Å². The molecule has 3 rings (SSSR count). The highest BCUT2D eigenvalue weighted by atomic mass is 16.1. The molecule has 1 heterocycles. The maximum atomic E-state index is 12.6. The van der Waals surface area contributed by atoms with Crippen molar-refractivity contribution in [1.29, 1.82) is 0 Å². The third-order valence-corrected chi connectivity index (χ3v) is 6.15. The minimum atomic E-state index is 0.198. The molecule has 0 bridgehead atoms. The molecule has 0 radical (unpaired) electrons. The van der Waals surface area contributed by atoms with Gasteiger partial charge in [0, 0.05) is 25.2 Å². The fourth-order valence-electron chi connectivity index (χ4n) is 4.98. The molecule has 3 aliphatic rings. The van der Waals surface area contributed by atoms with Crippen molar-refractivity contribution in [1.82, 2.24) is 15.5 Å². The van der Waals surface area contributed by atoms with Crippen molar-refractivity contribution < 1.29 is 4.79 Å². The van der Waals surface area contributed by atoms with Crippen molar-refractivity contribution in [2.45, 2.75) is 63.5 Å². The zero-order valence-electron chi connectivity index (χ0n) is 14.3. The van der Waals surface area contributed by atoms with E-state index >= 15 is 0 Å². The number of fused-ring (bicyclic) bond motifs is 2. The van der Waals surface area contributed by atoms with Gasteiger partial charge < -0.3 is 15.5 Å². The third-order valence-electron chi connectivity index (χ3n) is 6.15. The van der Waals surface area contributed by atoms with Crippen molar-refractivity contribution in [2.24, 2.45) is 17.8 Å². The molecule has 1 amide bonds. The SMILES string of the molecule is CN(C)CCNC(=O)C1CCCC2CC3CCCCC3NC21. The van der Waals surface area contributed by atoms with Gasteiger partial charge in [-0.15, -0.1) is 0 Å². The van der Waals surface area contributed by atoms with E-state index < -0.39 is 0 Å². The van der Waals surface area contributed by atoms with Crippen LogP contribution < -0.4 is 10.6 Å². The van der Waals surface area contributed by atoms with Crippen LogP contribution in [0.3, 0.4) is 0 Å². The number of nitrogens with one attached hydrogen (secondary N) is 2. The second kappa shape index (κ2) is 7.31. The zero-order chi connectivity index (χ0) is 15.5. The fraction of sp³-hybridized carbons (Fsp3) is 0.944. The molecule has 1 saturated heterocycles. The lowest BCUT2D eigenvalue weighted by Gasteiger charge is -2.49. The molecule has 126 valence electrons. The Bertz CT molecular complexity index is 385. The Hall–Kier alpha value is -0.610. The largest absolute Gasteiger partial charge is 0.355 e. The first-order chi connectivity index (χ1) is 10.6. The number of nitrogens with zero attached hydrogens (tertiary/aromatic N) is 1. The summed E-state index contributed by atoms with van der Waals surface area (Å²) in [5.74, 6) is 2.10. The minimum absolute atomic E-state index is 0.198. The van der Waals surface area contributed by atoms with Crippen molar-refractivity contribution in [3.8, 4) is 0 Å². The Balaban J connectivity index is 1.58. The highest BCUT2D eigenvalue weighted by Gasteiger charge is 2.44. The zero-order valence-corrected chi connectivity index (χ0v) is 14.3. The molecule has 0 spiro atoms. The van der Waals surface area contributed by atoms with E-state index in [1.165, 1.54) is 44.9 Å². The molecule has 0 aromatic carbocycles. The second-order valence-electron chi connectivity index (χ2n) is 7.97. The predicted molar refractivity (Wildman–Crippen MR) is 89.7 cm³/mol. The number of carbonyl (C=O) groups excluding carboxylic acids is 1. The number of carbonyl (C=O) groups is 1. The summed E-state index contributed by atoms with van der Waals surface area (Å²) in [5, 5.41) is 7.08. The monoisotopic (exact) mass is 307 g/mol. The number of amides is 1. The van der Waals surface area contributed by atoms with E-state index in [-0.39, 0.29) is 5.92 Å². The van der Waals surface area contributed by atoms with Crippen LogP contribution in [0.1, 0.15) is 51.4 Å². The molecule has 0 aromatic heterocycles.